The van der Waals surface area contributed by atoms with E-state index in [-0.39, 0.29) is 0 Å². The average molecular weight is 250 g/mol. The number of aromatic nitrogens is 3. The van der Waals surface area contributed by atoms with E-state index in [0.29, 0.717) is 5.88 Å². The number of hydrogen-bond acceptors (Lipinski definition) is 2. The predicted molar refractivity (Wildman–Crippen MR) is 69.0 cm³/mol. The molecular formula is C13H16ClN3. The molecule has 0 bridgehead atoms. The van der Waals surface area contributed by atoms with Crippen LogP contribution in [0, 0.1) is 0 Å². The SMILES string of the molecule is ClCc1cn(CCCCc2ccccc2)nn1. The second kappa shape index (κ2) is 6.40. The van der Waals surface area contributed by atoms with Crippen molar-refractivity contribution in [2.45, 2.75) is 31.7 Å². The van der Waals surface area contributed by atoms with Gasteiger partial charge in [-0.05, 0) is 24.8 Å². The maximum absolute atomic E-state index is 5.67. The third kappa shape index (κ3) is 3.86. The van der Waals surface area contributed by atoms with Gasteiger partial charge in [0.15, 0.2) is 0 Å². The molecule has 0 unspecified atom stereocenters. The molecule has 0 amide bonds. The Hall–Kier alpha value is -1.35. The summed E-state index contributed by atoms with van der Waals surface area (Å²) < 4.78 is 1.86. The van der Waals surface area contributed by atoms with Crippen molar-refractivity contribution in [2.24, 2.45) is 0 Å². The van der Waals surface area contributed by atoms with Gasteiger partial charge >= 0.3 is 0 Å². The Morgan fingerprint density at radius 3 is 2.65 bits per heavy atom. The molecule has 0 atom stereocenters. The third-order valence-electron chi connectivity index (χ3n) is 2.67. The molecule has 0 saturated carbocycles. The van der Waals surface area contributed by atoms with E-state index in [2.05, 4.69) is 34.6 Å². The summed E-state index contributed by atoms with van der Waals surface area (Å²) in [7, 11) is 0. The van der Waals surface area contributed by atoms with E-state index < -0.39 is 0 Å². The van der Waals surface area contributed by atoms with Gasteiger partial charge in [0, 0.05) is 12.7 Å². The lowest BCUT2D eigenvalue weighted by Crippen LogP contribution is -1.99. The summed E-state index contributed by atoms with van der Waals surface area (Å²) in [6, 6.07) is 10.5. The first-order chi connectivity index (χ1) is 8.38. The van der Waals surface area contributed by atoms with Crippen LogP contribution in [0.3, 0.4) is 0 Å². The van der Waals surface area contributed by atoms with Crippen LogP contribution < -0.4 is 0 Å². The lowest BCUT2D eigenvalue weighted by molar-refractivity contribution is 0.541. The number of unbranched alkanes of at least 4 members (excludes halogenated alkanes) is 1. The molecule has 2 aromatic rings. The van der Waals surface area contributed by atoms with Crippen LogP contribution in [-0.2, 0) is 18.8 Å². The zero-order valence-corrected chi connectivity index (χ0v) is 10.5. The fraction of sp³-hybridized carbons (Fsp3) is 0.385. The highest BCUT2D eigenvalue weighted by molar-refractivity contribution is 6.16. The van der Waals surface area contributed by atoms with E-state index in [1.807, 2.05) is 16.9 Å². The van der Waals surface area contributed by atoms with Gasteiger partial charge < -0.3 is 0 Å². The lowest BCUT2D eigenvalue weighted by atomic mass is 10.1. The highest BCUT2D eigenvalue weighted by Gasteiger charge is 1.98. The van der Waals surface area contributed by atoms with Crippen LogP contribution in [0.15, 0.2) is 36.5 Å². The van der Waals surface area contributed by atoms with Crippen molar-refractivity contribution >= 4 is 11.6 Å². The van der Waals surface area contributed by atoms with Crippen LogP contribution in [0.25, 0.3) is 0 Å². The van der Waals surface area contributed by atoms with Crippen LogP contribution in [0.5, 0.6) is 0 Å². The van der Waals surface area contributed by atoms with E-state index in [1.165, 1.54) is 12.0 Å². The summed E-state index contributed by atoms with van der Waals surface area (Å²) in [6.07, 6.45) is 5.31. The number of rotatable bonds is 6. The van der Waals surface area contributed by atoms with Crippen LogP contribution in [0.4, 0.5) is 0 Å². The second-order valence-corrected chi connectivity index (χ2v) is 4.32. The van der Waals surface area contributed by atoms with Gasteiger partial charge in [-0.25, -0.2) is 0 Å². The fourth-order valence-electron chi connectivity index (χ4n) is 1.76. The summed E-state index contributed by atoms with van der Waals surface area (Å²) in [6.45, 7) is 0.913. The van der Waals surface area contributed by atoms with Gasteiger partial charge in [-0.3, -0.25) is 4.68 Å². The quantitative estimate of drug-likeness (QED) is 0.582. The van der Waals surface area contributed by atoms with Gasteiger partial charge in [0.2, 0.25) is 0 Å². The number of nitrogens with zero attached hydrogens (tertiary/aromatic N) is 3. The predicted octanol–water partition coefficient (Wildman–Crippen LogP) is 3.04. The normalized spacial score (nSPS) is 10.6. The molecule has 0 aliphatic rings. The molecule has 0 aliphatic carbocycles. The van der Waals surface area contributed by atoms with Gasteiger partial charge in [-0.1, -0.05) is 35.5 Å². The first kappa shape index (κ1) is 12.1. The monoisotopic (exact) mass is 249 g/mol. The van der Waals surface area contributed by atoms with E-state index in [9.17, 15) is 0 Å². The van der Waals surface area contributed by atoms with Gasteiger partial charge in [-0.15, -0.1) is 16.7 Å². The first-order valence-electron chi connectivity index (χ1n) is 5.87. The van der Waals surface area contributed by atoms with Gasteiger partial charge in [0.1, 0.15) is 0 Å². The molecule has 1 heterocycles. The van der Waals surface area contributed by atoms with Crippen molar-refractivity contribution in [1.29, 1.82) is 0 Å². The maximum atomic E-state index is 5.67. The fourth-order valence-corrected chi connectivity index (χ4v) is 1.88. The largest absolute Gasteiger partial charge is 0.252 e. The lowest BCUT2D eigenvalue weighted by Gasteiger charge is -2.01. The smallest absolute Gasteiger partial charge is 0.0974 e. The topological polar surface area (TPSA) is 30.7 Å². The highest BCUT2D eigenvalue weighted by Crippen LogP contribution is 2.06. The van der Waals surface area contributed by atoms with Crippen molar-refractivity contribution in [2.75, 3.05) is 0 Å². The molecule has 0 spiro atoms. The molecule has 1 aromatic carbocycles. The molecule has 1 aromatic heterocycles. The Morgan fingerprint density at radius 2 is 1.94 bits per heavy atom. The van der Waals surface area contributed by atoms with Gasteiger partial charge in [-0.2, -0.15) is 0 Å². The Labute approximate surface area is 106 Å². The number of alkyl halides is 1. The Bertz CT molecular complexity index is 439. The number of benzene rings is 1. The van der Waals surface area contributed by atoms with Crippen LogP contribution in [-0.4, -0.2) is 15.0 Å². The number of aryl methyl sites for hydroxylation is 2. The second-order valence-electron chi connectivity index (χ2n) is 4.05. The minimum absolute atomic E-state index is 0.435. The van der Waals surface area contributed by atoms with Crippen LogP contribution in [0.2, 0.25) is 0 Å². The minimum atomic E-state index is 0.435. The minimum Gasteiger partial charge on any atom is -0.252 e. The van der Waals surface area contributed by atoms with E-state index in [4.69, 9.17) is 11.6 Å². The van der Waals surface area contributed by atoms with E-state index in [1.54, 1.807) is 0 Å². The molecule has 2 rings (SSSR count). The Morgan fingerprint density at radius 1 is 1.12 bits per heavy atom. The van der Waals surface area contributed by atoms with Gasteiger partial charge in [0.05, 0.1) is 11.6 Å². The zero-order valence-electron chi connectivity index (χ0n) is 9.72. The molecule has 3 nitrogen and oxygen atoms in total. The summed E-state index contributed by atoms with van der Waals surface area (Å²) in [4.78, 5) is 0. The number of halogens is 1. The molecular weight excluding hydrogens is 234 g/mol. The summed E-state index contributed by atoms with van der Waals surface area (Å²) >= 11 is 5.67. The summed E-state index contributed by atoms with van der Waals surface area (Å²) in [5.41, 5.74) is 2.24. The average Bonchev–Trinajstić information content (AvgIpc) is 2.84. The molecule has 0 radical (unpaired) electrons. The molecule has 90 valence electrons. The Balaban J connectivity index is 1.69. The van der Waals surface area contributed by atoms with E-state index >= 15 is 0 Å². The van der Waals surface area contributed by atoms with Gasteiger partial charge in [0.25, 0.3) is 0 Å². The molecule has 0 N–H and O–H groups in total. The van der Waals surface area contributed by atoms with Crippen molar-refractivity contribution in [3.8, 4) is 0 Å². The molecule has 0 aliphatic heterocycles. The van der Waals surface area contributed by atoms with Crippen molar-refractivity contribution < 1.29 is 0 Å². The number of hydrogen-bond donors (Lipinski definition) is 0. The van der Waals surface area contributed by atoms with Crippen molar-refractivity contribution in [1.82, 2.24) is 15.0 Å². The summed E-state index contributed by atoms with van der Waals surface area (Å²) in [5.74, 6) is 0.435. The third-order valence-corrected chi connectivity index (χ3v) is 2.94. The zero-order chi connectivity index (χ0) is 11.9. The first-order valence-corrected chi connectivity index (χ1v) is 6.41. The molecule has 4 heteroatoms. The maximum Gasteiger partial charge on any atom is 0.0974 e. The Kier molecular flexibility index (Phi) is 4.56. The van der Waals surface area contributed by atoms with Crippen LogP contribution in [0.1, 0.15) is 24.1 Å². The summed E-state index contributed by atoms with van der Waals surface area (Å²) in [5, 5.41) is 7.97. The molecule has 17 heavy (non-hydrogen) atoms. The van der Waals surface area contributed by atoms with Crippen molar-refractivity contribution in [3.63, 3.8) is 0 Å². The van der Waals surface area contributed by atoms with E-state index in [0.717, 1.165) is 25.1 Å². The molecule has 0 saturated heterocycles. The standard InChI is InChI=1S/C13H16ClN3/c14-10-13-11-17(16-15-13)9-5-4-8-12-6-2-1-3-7-12/h1-3,6-7,11H,4-5,8-10H2. The highest BCUT2D eigenvalue weighted by atomic mass is 35.5. The molecule has 0 fully saturated rings. The van der Waals surface area contributed by atoms with Crippen LogP contribution >= 0.6 is 11.6 Å². The van der Waals surface area contributed by atoms with Crippen molar-refractivity contribution in [3.05, 3.63) is 47.8 Å².